The molecule has 0 saturated carbocycles. The highest BCUT2D eigenvalue weighted by Gasteiger charge is 2.23. The largest absolute Gasteiger partial charge is 0.396 e. The zero-order valence-electron chi connectivity index (χ0n) is 10.2. The second kappa shape index (κ2) is 5.35. The summed E-state index contributed by atoms with van der Waals surface area (Å²) in [6.45, 7) is 1.63. The maximum atomic E-state index is 13.7. The Labute approximate surface area is 106 Å². The molecule has 4 N–H and O–H groups in total. The third kappa shape index (κ3) is 2.46. The summed E-state index contributed by atoms with van der Waals surface area (Å²) in [5.41, 5.74) is 6.27. The number of anilines is 1. The summed E-state index contributed by atoms with van der Waals surface area (Å²) < 4.78 is 13.7. The lowest BCUT2D eigenvalue weighted by molar-refractivity contribution is 0.208. The van der Waals surface area contributed by atoms with Crippen LogP contribution in [0.2, 0.25) is 0 Å². The number of nitrogen functional groups attached to an aromatic ring is 1. The van der Waals surface area contributed by atoms with Crippen LogP contribution in [0, 0.1) is 17.1 Å². The molecule has 4 nitrogen and oxygen atoms in total. The third-order valence-corrected chi connectivity index (χ3v) is 3.38. The van der Waals surface area contributed by atoms with Gasteiger partial charge in [0.15, 0.2) is 0 Å². The SMILES string of the molecule is N=C(N)c1c(F)cccc1N1CCCC(CO)C1. The fourth-order valence-corrected chi connectivity index (χ4v) is 2.48. The second-order valence-electron chi connectivity index (χ2n) is 4.68. The summed E-state index contributed by atoms with van der Waals surface area (Å²) in [6.07, 6.45) is 1.94. The first-order chi connectivity index (χ1) is 8.63. The maximum absolute atomic E-state index is 13.7. The summed E-state index contributed by atoms with van der Waals surface area (Å²) in [4.78, 5) is 2.00. The van der Waals surface area contributed by atoms with E-state index in [-0.39, 0.29) is 23.9 Å². The van der Waals surface area contributed by atoms with Gasteiger partial charge in [-0.25, -0.2) is 4.39 Å². The number of hydrogen-bond donors (Lipinski definition) is 3. The fourth-order valence-electron chi connectivity index (χ4n) is 2.48. The standard InChI is InChI=1S/C13H18FN3O/c14-10-4-1-5-11(12(10)13(15)16)17-6-2-3-9(7-17)8-18/h1,4-5,9,18H,2-3,6-8H2,(H3,15,16). The van der Waals surface area contributed by atoms with Crippen LogP contribution in [0.4, 0.5) is 10.1 Å². The lowest BCUT2D eigenvalue weighted by atomic mass is 9.97. The fraction of sp³-hybridized carbons (Fsp3) is 0.462. The van der Waals surface area contributed by atoms with E-state index in [9.17, 15) is 9.50 Å². The molecular formula is C13H18FN3O. The molecule has 0 bridgehead atoms. The maximum Gasteiger partial charge on any atom is 0.136 e. The van der Waals surface area contributed by atoms with E-state index in [0.29, 0.717) is 12.2 Å². The van der Waals surface area contributed by atoms with Gasteiger partial charge in [-0.2, -0.15) is 0 Å². The lowest BCUT2D eigenvalue weighted by Gasteiger charge is -2.34. The Bertz CT molecular complexity index is 450. The van der Waals surface area contributed by atoms with Crippen LogP contribution in [0.1, 0.15) is 18.4 Å². The minimum atomic E-state index is -0.467. The normalized spacial score (nSPS) is 19.9. The zero-order chi connectivity index (χ0) is 13.1. The molecule has 0 aliphatic carbocycles. The van der Waals surface area contributed by atoms with Gasteiger partial charge >= 0.3 is 0 Å². The van der Waals surface area contributed by atoms with Crippen molar-refractivity contribution in [3.05, 3.63) is 29.6 Å². The van der Waals surface area contributed by atoms with Crippen molar-refractivity contribution < 1.29 is 9.50 Å². The van der Waals surface area contributed by atoms with E-state index >= 15 is 0 Å². The van der Waals surface area contributed by atoms with Crippen molar-refractivity contribution in [1.82, 2.24) is 0 Å². The predicted molar refractivity (Wildman–Crippen MR) is 69.4 cm³/mol. The molecule has 0 spiro atoms. The Morgan fingerprint density at radius 2 is 2.33 bits per heavy atom. The van der Waals surface area contributed by atoms with Gasteiger partial charge in [0, 0.05) is 19.7 Å². The van der Waals surface area contributed by atoms with Gasteiger partial charge in [-0.1, -0.05) is 6.07 Å². The van der Waals surface area contributed by atoms with E-state index in [2.05, 4.69) is 0 Å². The molecule has 98 valence electrons. The van der Waals surface area contributed by atoms with Gasteiger partial charge in [0.1, 0.15) is 11.7 Å². The number of piperidine rings is 1. The molecule has 0 aromatic heterocycles. The van der Waals surface area contributed by atoms with Crippen molar-refractivity contribution in [3.8, 4) is 0 Å². The first-order valence-electron chi connectivity index (χ1n) is 6.12. The number of nitrogens with two attached hydrogens (primary N) is 1. The van der Waals surface area contributed by atoms with Gasteiger partial charge in [-0.05, 0) is 30.9 Å². The monoisotopic (exact) mass is 251 g/mol. The van der Waals surface area contributed by atoms with Crippen molar-refractivity contribution in [2.24, 2.45) is 11.7 Å². The molecule has 1 fully saturated rings. The molecule has 1 saturated heterocycles. The van der Waals surface area contributed by atoms with Crippen LogP contribution in [0.3, 0.4) is 0 Å². The van der Waals surface area contributed by atoms with Gasteiger partial charge in [-0.15, -0.1) is 0 Å². The minimum absolute atomic E-state index is 0.140. The highest BCUT2D eigenvalue weighted by atomic mass is 19.1. The van der Waals surface area contributed by atoms with Crippen LogP contribution >= 0.6 is 0 Å². The van der Waals surface area contributed by atoms with E-state index in [4.69, 9.17) is 11.1 Å². The van der Waals surface area contributed by atoms with Crippen molar-refractivity contribution in [3.63, 3.8) is 0 Å². The topological polar surface area (TPSA) is 73.3 Å². The summed E-state index contributed by atoms with van der Waals surface area (Å²) in [5, 5.41) is 16.7. The highest BCUT2D eigenvalue weighted by molar-refractivity contribution is 6.00. The number of amidine groups is 1. The number of nitrogens with one attached hydrogen (secondary N) is 1. The summed E-state index contributed by atoms with van der Waals surface area (Å²) in [6, 6.07) is 4.72. The molecule has 1 unspecified atom stereocenters. The number of benzene rings is 1. The quantitative estimate of drug-likeness (QED) is 0.560. The number of hydrogen-bond acceptors (Lipinski definition) is 3. The molecule has 1 atom stereocenters. The van der Waals surface area contributed by atoms with E-state index < -0.39 is 5.82 Å². The summed E-state index contributed by atoms with van der Waals surface area (Å²) in [7, 11) is 0. The van der Waals surface area contributed by atoms with E-state index in [1.54, 1.807) is 12.1 Å². The van der Waals surface area contributed by atoms with Crippen molar-refractivity contribution in [1.29, 1.82) is 5.41 Å². The van der Waals surface area contributed by atoms with Crippen LogP contribution in [-0.4, -0.2) is 30.6 Å². The van der Waals surface area contributed by atoms with Crippen molar-refractivity contribution in [2.75, 3.05) is 24.6 Å². The van der Waals surface area contributed by atoms with Crippen LogP contribution in [0.25, 0.3) is 0 Å². The summed E-state index contributed by atoms with van der Waals surface area (Å²) in [5.74, 6) is -0.512. The molecule has 18 heavy (non-hydrogen) atoms. The van der Waals surface area contributed by atoms with E-state index in [1.165, 1.54) is 6.07 Å². The van der Waals surface area contributed by atoms with Crippen LogP contribution < -0.4 is 10.6 Å². The molecule has 0 radical (unpaired) electrons. The van der Waals surface area contributed by atoms with Gasteiger partial charge < -0.3 is 15.7 Å². The molecule has 0 amide bonds. The zero-order valence-corrected chi connectivity index (χ0v) is 10.2. The average Bonchev–Trinajstić information content (AvgIpc) is 2.38. The first-order valence-corrected chi connectivity index (χ1v) is 6.12. The second-order valence-corrected chi connectivity index (χ2v) is 4.68. The molecule has 1 aromatic rings. The molecule has 1 heterocycles. The third-order valence-electron chi connectivity index (χ3n) is 3.38. The Balaban J connectivity index is 2.32. The van der Waals surface area contributed by atoms with Crippen LogP contribution in [0.15, 0.2) is 18.2 Å². The number of nitrogens with zero attached hydrogens (tertiary/aromatic N) is 1. The van der Waals surface area contributed by atoms with Crippen LogP contribution in [-0.2, 0) is 0 Å². The average molecular weight is 251 g/mol. The smallest absolute Gasteiger partial charge is 0.136 e. The Morgan fingerprint density at radius 3 is 3.00 bits per heavy atom. The molecule has 1 aliphatic rings. The van der Waals surface area contributed by atoms with E-state index in [1.807, 2.05) is 4.90 Å². The number of rotatable bonds is 3. The molecular weight excluding hydrogens is 233 g/mol. The van der Waals surface area contributed by atoms with Gasteiger partial charge in [-0.3, -0.25) is 5.41 Å². The Kier molecular flexibility index (Phi) is 3.81. The minimum Gasteiger partial charge on any atom is -0.396 e. The first kappa shape index (κ1) is 12.8. The number of aliphatic hydroxyl groups excluding tert-OH is 1. The lowest BCUT2D eigenvalue weighted by Crippen LogP contribution is -2.38. The highest BCUT2D eigenvalue weighted by Crippen LogP contribution is 2.27. The Hall–Kier alpha value is -1.62. The van der Waals surface area contributed by atoms with Gasteiger partial charge in [0.05, 0.1) is 11.3 Å². The molecule has 2 rings (SSSR count). The van der Waals surface area contributed by atoms with Gasteiger partial charge in [0.2, 0.25) is 0 Å². The predicted octanol–water partition coefficient (Wildman–Crippen LogP) is 1.32. The number of halogens is 1. The van der Waals surface area contributed by atoms with Gasteiger partial charge in [0.25, 0.3) is 0 Å². The number of aliphatic hydroxyl groups is 1. The molecule has 1 aliphatic heterocycles. The summed E-state index contributed by atoms with van der Waals surface area (Å²) >= 11 is 0. The van der Waals surface area contributed by atoms with Crippen molar-refractivity contribution >= 4 is 11.5 Å². The molecule has 1 aromatic carbocycles. The van der Waals surface area contributed by atoms with Crippen molar-refractivity contribution in [2.45, 2.75) is 12.8 Å². The Morgan fingerprint density at radius 1 is 1.56 bits per heavy atom. The van der Waals surface area contributed by atoms with Crippen LogP contribution in [0.5, 0.6) is 0 Å². The molecule has 5 heteroatoms. The van der Waals surface area contributed by atoms with E-state index in [0.717, 1.165) is 19.4 Å².